The molecule has 0 spiro atoms. The number of nitrogens with one attached hydrogen (secondary N) is 1. The average molecular weight is 379 g/mol. The molecule has 25 heavy (non-hydrogen) atoms. The highest BCUT2D eigenvalue weighted by atomic mass is 35.5. The molecule has 132 valence electrons. The van der Waals surface area contributed by atoms with E-state index in [4.69, 9.17) is 11.6 Å². The zero-order valence-corrected chi connectivity index (χ0v) is 15.6. The first kappa shape index (κ1) is 17.8. The van der Waals surface area contributed by atoms with Crippen molar-refractivity contribution in [2.24, 2.45) is 11.8 Å². The van der Waals surface area contributed by atoms with Crippen molar-refractivity contribution in [3.63, 3.8) is 0 Å². The Bertz CT molecular complexity index is 775. The third kappa shape index (κ3) is 4.35. The van der Waals surface area contributed by atoms with Gasteiger partial charge in [0.1, 0.15) is 5.01 Å². The molecule has 0 radical (unpaired) electrons. The molecule has 1 aromatic carbocycles. The van der Waals surface area contributed by atoms with Gasteiger partial charge in [-0.25, -0.2) is 0 Å². The highest BCUT2D eigenvalue weighted by molar-refractivity contribution is 7.15. The third-order valence-corrected chi connectivity index (χ3v) is 5.03. The van der Waals surface area contributed by atoms with Gasteiger partial charge in [-0.15, -0.1) is 10.2 Å². The molecule has 1 atom stereocenters. The minimum atomic E-state index is -0.402. The van der Waals surface area contributed by atoms with Gasteiger partial charge < -0.3 is 10.2 Å². The van der Waals surface area contributed by atoms with E-state index in [1.165, 1.54) is 11.3 Å². The SMILES string of the molecule is CC(C)Cc1nnc(NC(=O)[C@@H]2CC(=O)N(c3ccc(Cl)cc3)C2)s1. The van der Waals surface area contributed by atoms with Gasteiger partial charge in [-0.2, -0.15) is 0 Å². The predicted molar refractivity (Wildman–Crippen MR) is 99.0 cm³/mol. The highest BCUT2D eigenvalue weighted by Crippen LogP contribution is 2.27. The van der Waals surface area contributed by atoms with Gasteiger partial charge in [-0.3, -0.25) is 9.59 Å². The van der Waals surface area contributed by atoms with E-state index >= 15 is 0 Å². The number of nitrogens with zero attached hydrogens (tertiary/aromatic N) is 3. The second kappa shape index (κ2) is 7.49. The van der Waals surface area contributed by atoms with E-state index in [-0.39, 0.29) is 18.2 Å². The minimum absolute atomic E-state index is 0.0692. The molecule has 1 aliphatic rings. The Hall–Kier alpha value is -1.99. The molecule has 1 N–H and O–H groups in total. The van der Waals surface area contributed by atoms with E-state index in [1.54, 1.807) is 29.2 Å². The van der Waals surface area contributed by atoms with Gasteiger partial charge in [0.15, 0.2) is 0 Å². The van der Waals surface area contributed by atoms with Crippen LogP contribution in [-0.4, -0.2) is 28.6 Å². The fraction of sp³-hybridized carbons (Fsp3) is 0.412. The first-order chi connectivity index (χ1) is 11.9. The van der Waals surface area contributed by atoms with E-state index in [9.17, 15) is 9.59 Å². The van der Waals surface area contributed by atoms with Gasteiger partial charge in [0.25, 0.3) is 0 Å². The summed E-state index contributed by atoms with van der Waals surface area (Å²) in [7, 11) is 0. The summed E-state index contributed by atoms with van der Waals surface area (Å²) in [5.74, 6) is -0.185. The first-order valence-electron chi connectivity index (χ1n) is 8.11. The summed E-state index contributed by atoms with van der Waals surface area (Å²) in [5.41, 5.74) is 0.750. The topological polar surface area (TPSA) is 75.2 Å². The fourth-order valence-electron chi connectivity index (χ4n) is 2.70. The molecule has 6 nitrogen and oxygen atoms in total. The Morgan fingerprint density at radius 1 is 1.36 bits per heavy atom. The zero-order chi connectivity index (χ0) is 18.0. The van der Waals surface area contributed by atoms with E-state index in [1.807, 2.05) is 0 Å². The van der Waals surface area contributed by atoms with E-state index in [2.05, 4.69) is 29.4 Å². The summed E-state index contributed by atoms with van der Waals surface area (Å²) >= 11 is 7.26. The normalized spacial score (nSPS) is 17.4. The van der Waals surface area contributed by atoms with Crippen LogP contribution in [0.2, 0.25) is 5.02 Å². The van der Waals surface area contributed by atoms with Crippen LogP contribution in [0, 0.1) is 11.8 Å². The summed E-state index contributed by atoms with van der Waals surface area (Å²) in [6.07, 6.45) is 1.02. The molecule has 1 saturated heterocycles. The summed E-state index contributed by atoms with van der Waals surface area (Å²) in [5, 5.41) is 12.9. The maximum Gasteiger partial charge on any atom is 0.231 e. The lowest BCUT2D eigenvalue weighted by molar-refractivity contribution is -0.122. The van der Waals surface area contributed by atoms with Crippen LogP contribution in [0.4, 0.5) is 10.8 Å². The number of hydrogen-bond acceptors (Lipinski definition) is 5. The Morgan fingerprint density at radius 2 is 2.08 bits per heavy atom. The Morgan fingerprint density at radius 3 is 2.76 bits per heavy atom. The first-order valence-corrected chi connectivity index (χ1v) is 9.31. The van der Waals surface area contributed by atoms with Crippen molar-refractivity contribution in [2.75, 3.05) is 16.8 Å². The van der Waals surface area contributed by atoms with E-state index < -0.39 is 5.92 Å². The van der Waals surface area contributed by atoms with Crippen LogP contribution < -0.4 is 10.2 Å². The number of anilines is 2. The van der Waals surface area contributed by atoms with Crippen LogP contribution in [0.1, 0.15) is 25.3 Å². The molecule has 2 aromatic rings. The Balaban J connectivity index is 1.62. The van der Waals surface area contributed by atoms with Crippen molar-refractivity contribution in [3.8, 4) is 0 Å². The van der Waals surface area contributed by atoms with Gasteiger partial charge in [0.2, 0.25) is 16.9 Å². The lowest BCUT2D eigenvalue weighted by Gasteiger charge is -2.16. The molecule has 0 unspecified atom stereocenters. The van der Waals surface area contributed by atoms with Gasteiger partial charge >= 0.3 is 0 Å². The smallest absolute Gasteiger partial charge is 0.231 e. The molecule has 0 saturated carbocycles. The molecular formula is C17H19ClN4O2S. The van der Waals surface area contributed by atoms with Crippen molar-refractivity contribution in [3.05, 3.63) is 34.3 Å². The van der Waals surface area contributed by atoms with Crippen LogP contribution >= 0.6 is 22.9 Å². The quantitative estimate of drug-likeness (QED) is 0.865. The molecule has 0 bridgehead atoms. The number of benzene rings is 1. The molecule has 3 rings (SSSR count). The Labute approximate surface area is 155 Å². The van der Waals surface area contributed by atoms with Crippen molar-refractivity contribution >= 4 is 45.6 Å². The number of carbonyl (C=O) groups is 2. The molecule has 2 heterocycles. The van der Waals surface area contributed by atoms with Gasteiger partial charge in [0, 0.05) is 30.1 Å². The molecule has 1 aliphatic heterocycles. The average Bonchev–Trinajstić information content (AvgIpc) is 3.14. The second-order valence-electron chi connectivity index (χ2n) is 6.47. The van der Waals surface area contributed by atoms with Crippen LogP contribution in [0.3, 0.4) is 0 Å². The Kier molecular flexibility index (Phi) is 5.34. The standard InChI is InChI=1S/C17H19ClN4O2S/c1-10(2)7-14-20-21-17(25-14)19-16(24)11-8-15(23)22(9-11)13-5-3-12(18)4-6-13/h3-6,10-11H,7-9H2,1-2H3,(H,19,21,24)/t11-/m1/s1. The van der Waals surface area contributed by atoms with E-state index in [0.29, 0.717) is 22.6 Å². The monoisotopic (exact) mass is 378 g/mol. The number of hydrogen-bond donors (Lipinski definition) is 1. The summed E-state index contributed by atoms with van der Waals surface area (Å²) < 4.78 is 0. The van der Waals surface area contributed by atoms with E-state index in [0.717, 1.165) is 17.1 Å². The lowest BCUT2D eigenvalue weighted by Crippen LogP contribution is -2.28. The summed E-state index contributed by atoms with van der Waals surface area (Å²) in [4.78, 5) is 26.3. The fourth-order valence-corrected chi connectivity index (χ4v) is 3.78. The number of amides is 2. The molecule has 8 heteroatoms. The molecule has 1 fully saturated rings. The largest absolute Gasteiger partial charge is 0.312 e. The number of rotatable bonds is 5. The summed E-state index contributed by atoms with van der Waals surface area (Å²) in [6, 6.07) is 7.02. The van der Waals surface area contributed by atoms with Crippen LogP contribution in [0.15, 0.2) is 24.3 Å². The third-order valence-electron chi connectivity index (χ3n) is 3.91. The second-order valence-corrected chi connectivity index (χ2v) is 7.97. The number of aromatic nitrogens is 2. The van der Waals surface area contributed by atoms with Crippen LogP contribution in [0.5, 0.6) is 0 Å². The maximum absolute atomic E-state index is 12.5. The van der Waals surface area contributed by atoms with Crippen molar-refractivity contribution in [2.45, 2.75) is 26.7 Å². The van der Waals surface area contributed by atoms with Crippen molar-refractivity contribution in [1.82, 2.24) is 10.2 Å². The summed E-state index contributed by atoms with van der Waals surface area (Å²) in [6.45, 7) is 4.56. The minimum Gasteiger partial charge on any atom is -0.312 e. The predicted octanol–water partition coefficient (Wildman–Crippen LogP) is 3.38. The zero-order valence-electron chi connectivity index (χ0n) is 14.0. The van der Waals surface area contributed by atoms with Crippen LogP contribution in [-0.2, 0) is 16.0 Å². The molecule has 2 amide bonds. The maximum atomic E-state index is 12.5. The van der Waals surface area contributed by atoms with Crippen LogP contribution in [0.25, 0.3) is 0 Å². The lowest BCUT2D eigenvalue weighted by atomic mass is 10.1. The molecular weight excluding hydrogens is 360 g/mol. The number of halogens is 1. The highest BCUT2D eigenvalue weighted by Gasteiger charge is 2.35. The van der Waals surface area contributed by atoms with Gasteiger partial charge in [-0.05, 0) is 30.2 Å². The van der Waals surface area contributed by atoms with Crippen molar-refractivity contribution in [1.29, 1.82) is 0 Å². The molecule has 0 aliphatic carbocycles. The molecule has 1 aromatic heterocycles. The van der Waals surface area contributed by atoms with Gasteiger partial charge in [0.05, 0.1) is 5.92 Å². The van der Waals surface area contributed by atoms with Crippen molar-refractivity contribution < 1.29 is 9.59 Å². The van der Waals surface area contributed by atoms with Gasteiger partial charge in [-0.1, -0.05) is 36.8 Å². The number of carbonyl (C=O) groups excluding carboxylic acids is 2.